The van der Waals surface area contributed by atoms with Gasteiger partial charge >= 0.3 is 0 Å². The van der Waals surface area contributed by atoms with E-state index in [1.165, 1.54) is 25.7 Å². The standard InChI is InChI=1S/C14H20N2O2/c1-11(15-10-12-4-2-3-5-12)13-6-8-14(9-7-13)16(17)18/h6-9,11-12,15H,2-5,10H2,1H3. The van der Waals surface area contributed by atoms with Gasteiger partial charge in [-0.2, -0.15) is 0 Å². The highest BCUT2D eigenvalue weighted by atomic mass is 16.6. The van der Waals surface area contributed by atoms with Crippen LogP contribution in [-0.2, 0) is 0 Å². The second-order valence-corrected chi connectivity index (χ2v) is 5.13. The number of hydrogen-bond donors (Lipinski definition) is 1. The highest BCUT2D eigenvalue weighted by Gasteiger charge is 2.16. The average molecular weight is 248 g/mol. The van der Waals surface area contributed by atoms with Crippen LogP contribution in [0.25, 0.3) is 0 Å². The van der Waals surface area contributed by atoms with Crippen LogP contribution in [0.3, 0.4) is 0 Å². The molecule has 0 heterocycles. The van der Waals surface area contributed by atoms with E-state index in [0.717, 1.165) is 18.0 Å². The van der Waals surface area contributed by atoms with Gasteiger partial charge in [0.05, 0.1) is 4.92 Å². The Kier molecular flexibility index (Phi) is 4.31. The Morgan fingerprint density at radius 1 is 1.33 bits per heavy atom. The second kappa shape index (κ2) is 5.96. The third-order valence-electron chi connectivity index (χ3n) is 3.79. The zero-order valence-electron chi connectivity index (χ0n) is 10.8. The largest absolute Gasteiger partial charge is 0.310 e. The number of benzene rings is 1. The van der Waals surface area contributed by atoms with Crippen molar-refractivity contribution in [3.05, 3.63) is 39.9 Å². The van der Waals surface area contributed by atoms with Gasteiger partial charge < -0.3 is 5.32 Å². The molecule has 1 aliphatic rings. The molecule has 4 heteroatoms. The van der Waals surface area contributed by atoms with Gasteiger partial charge in [-0.15, -0.1) is 0 Å². The van der Waals surface area contributed by atoms with Crippen molar-refractivity contribution in [1.82, 2.24) is 5.32 Å². The Labute approximate surface area is 108 Å². The number of nitro benzene ring substituents is 1. The molecule has 4 nitrogen and oxygen atoms in total. The highest BCUT2D eigenvalue weighted by molar-refractivity contribution is 5.33. The molecule has 0 aromatic heterocycles. The number of nitrogens with zero attached hydrogens (tertiary/aromatic N) is 1. The van der Waals surface area contributed by atoms with Crippen molar-refractivity contribution in [3.8, 4) is 0 Å². The highest BCUT2D eigenvalue weighted by Crippen LogP contribution is 2.25. The molecule has 1 unspecified atom stereocenters. The van der Waals surface area contributed by atoms with Crippen LogP contribution in [0.15, 0.2) is 24.3 Å². The summed E-state index contributed by atoms with van der Waals surface area (Å²) < 4.78 is 0. The monoisotopic (exact) mass is 248 g/mol. The zero-order valence-corrected chi connectivity index (χ0v) is 10.8. The lowest BCUT2D eigenvalue weighted by Gasteiger charge is -2.17. The minimum absolute atomic E-state index is 0.154. The number of rotatable bonds is 5. The molecule has 2 rings (SSSR count). The lowest BCUT2D eigenvalue weighted by molar-refractivity contribution is -0.384. The predicted molar refractivity (Wildman–Crippen MR) is 71.5 cm³/mol. The molecule has 1 aliphatic carbocycles. The Morgan fingerprint density at radius 3 is 2.50 bits per heavy atom. The number of non-ortho nitro benzene ring substituents is 1. The molecular formula is C14H20N2O2. The fourth-order valence-electron chi connectivity index (χ4n) is 2.56. The first kappa shape index (κ1) is 13.0. The molecule has 0 spiro atoms. The molecule has 1 aromatic carbocycles. The minimum Gasteiger partial charge on any atom is -0.310 e. The fraction of sp³-hybridized carbons (Fsp3) is 0.571. The van der Waals surface area contributed by atoms with E-state index < -0.39 is 0 Å². The normalized spacial score (nSPS) is 17.8. The molecule has 18 heavy (non-hydrogen) atoms. The van der Waals surface area contributed by atoms with Crippen LogP contribution < -0.4 is 5.32 Å². The predicted octanol–water partition coefficient (Wildman–Crippen LogP) is 3.44. The summed E-state index contributed by atoms with van der Waals surface area (Å²) in [6, 6.07) is 7.08. The van der Waals surface area contributed by atoms with Crippen LogP contribution in [0.4, 0.5) is 5.69 Å². The maximum atomic E-state index is 10.6. The smallest absolute Gasteiger partial charge is 0.269 e. The maximum absolute atomic E-state index is 10.6. The lowest BCUT2D eigenvalue weighted by atomic mass is 10.1. The van der Waals surface area contributed by atoms with Gasteiger partial charge in [-0.25, -0.2) is 0 Å². The van der Waals surface area contributed by atoms with Crippen molar-refractivity contribution in [1.29, 1.82) is 0 Å². The van der Waals surface area contributed by atoms with E-state index in [1.54, 1.807) is 12.1 Å². The zero-order chi connectivity index (χ0) is 13.0. The lowest BCUT2D eigenvalue weighted by Crippen LogP contribution is -2.24. The van der Waals surface area contributed by atoms with Crippen LogP contribution in [0.1, 0.15) is 44.2 Å². The van der Waals surface area contributed by atoms with Gasteiger partial charge in [0.15, 0.2) is 0 Å². The Morgan fingerprint density at radius 2 is 1.94 bits per heavy atom. The molecule has 1 atom stereocenters. The third-order valence-corrected chi connectivity index (χ3v) is 3.79. The summed E-state index contributed by atoms with van der Waals surface area (Å²) in [7, 11) is 0. The van der Waals surface area contributed by atoms with E-state index in [-0.39, 0.29) is 16.7 Å². The molecule has 1 fully saturated rings. The molecule has 1 saturated carbocycles. The third kappa shape index (κ3) is 3.29. The van der Waals surface area contributed by atoms with Crippen molar-refractivity contribution < 1.29 is 4.92 Å². The van der Waals surface area contributed by atoms with E-state index in [1.807, 2.05) is 12.1 Å². The molecule has 1 N–H and O–H groups in total. The minimum atomic E-state index is -0.361. The number of hydrogen-bond acceptors (Lipinski definition) is 3. The Hall–Kier alpha value is -1.42. The van der Waals surface area contributed by atoms with Crippen molar-refractivity contribution >= 4 is 5.69 Å². The first-order valence-corrected chi connectivity index (χ1v) is 6.64. The second-order valence-electron chi connectivity index (χ2n) is 5.13. The van der Waals surface area contributed by atoms with E-state index in [4.69, 9.17) is 0 Å². The Balaban J connectivity index is 1.87. The van der Waals surface area contributed by atoms with E-state index in [9.17, 15) is 10.1 Å². The molecule has 1 aromatic rings. The van der Waals surface area contributed by atoms with Gasteiger partial charge in [0.1, 0.15) is 0 Å². The topological polar surface area (TPSA) is 55.2 Å². The molecular weight excluding hydrogens is 228 g/mol. The average Bonchev–Trinajstić information content (AvgIpc) is 2.89. The quantitative estimate of drug-likeness (QED) is 0.641. The Bertz CT molecular complexity index is 397. The van der Waals surface area contributed by atoms with Crippen LogP contribution in [0.5, 0.6) is 0 Å². The van der Waals surface area contributed by atoms with Crippen molar-refractivity contribution in [2.24, 2.45) is 5.92 Å². The van der Waals surface area contributed by atoms with Crippen LogP contribution >= 0.6 is 0 Å². The SMILES string of the molecule is CC(NCC1CCCC1)c1ccc([N+](=O)[O-])cc1. The first-order valence-electron chi connectivity index (χ1n) is 6.64. The molecule has 0 aliphatic heterocycles. The van der Waals surface area contributed by atoms with Crippen molar-refractivity contribution in [2.45, 2.75) is 38.6 Å². The summed E-state index contributed by atoms with van der Waals surface area (Å²) in [5.41, 5.74) is 1.26. The molecule has 98 valence electrons. The van der Waals surface area contributed by atoms with Gasteiger partial charge in [0, 0.05) is 18.2 Å². The summed E-state index contributed by atoms with van der Waals surface area (Å²) >= 11 is 0. The van der Waals surface area contributed by atoms with Crippen LogP contribution in [0.2, 0.25) is 0 Å². The summed E-state index contributed by atoms with van der Waals surface area (Å²) in [6.07, 6.45) is 5.39. The van der Waals surface area contributed by atoms with Gasteiger partial charge in [-0.05, 0) is 37.8 Å². The summed E-state index contributed by atoms with van der Waals surface area (Å²) in [6.45, 7) is 3.16. The molecule has 0 radical (unpaired) electrons. The first-order chi connectivity index (χ1) is 8.66. The van der Waals surface area contributed by atoms with Gasteiger partial charge in [0.2, 0.25) is 0 Å². The van der Waals surface area contributed by atoms with Crippen molar-refractivity contribution in [2.75, 3.05) is 6.54 Å². The van der Waals surface area contributed by atoms with Crippen molar-refractivity contribution in [3.63, 3.8) is 0 Å². The van der Waals surface area contributed by atoms with Crippen LogP contribution in [0, 0.1) is 16.0 Å². The number of nitrogens with one attached hydrogen (secondary N) is 1. The summed E-state index contributed by atoms with van der Waals surface area (Å²) in [5, 5.41) is 14.1. The van der Waals surface area contributed by atoms with E-state index in [0.29, 0.717) is 0 Å². The van der Waals surface area contributed by atoms with Gasteiger partial charge in [-0.1, -0.05) is 25.0 Å². The van der Waals surface area contributed by atoms with E-state index >= 15 is 0 Å². The van der Waals surface area contributed by atoms with Gasteiger partial charge in [0.25, 0.3) is 5.69 Å². The summed E-state index contributed by atoms with van der Waals surface area (Å²) in [5.74, 6) is 0.811. The fourth-order valence-corrected chi connectivity index (χ4v) is 2.56. The number of nitro groups is 1. The summed E-state index contributed by atoms with van der Waals surface area (Å²) in [4.78, 5) is 10.2. The van der Waals surface area contributed by atoms with E-state index in [2.05, 4.69) is 12.2 Å². The molecule has 0 saturated heterocycles. The molecule has 0 bridgehead atoms. The molecule has 0 amide bonds. The van der Waals surface area contributed by atoms with Gasteiger partial charge in [-0.3, -0.25) is 10.1 Å². The maximum Gasteiger partial charge on any atom is 0.269 e. The van der Waals surface area contributed by atoms with Crippen LogP contribution in [-0.4, -0.2) is 11.5 Å².